The predicted molar refractivity (Wildman–Crippen MR) is 105 cm³/mol. The van der Waals surface area contributed by atoms with Gasteiger partial charge >= 0.3 is 0 Å². The summed E-state index contributed by atoms with van der Waals surface area (Å²) in [4.78, 5) is 4.51. The van der Waals surface area contributed by atoms with Crippen LogP contribution in [-0.2, 0) is 0 Å². The number of halogens is 2. The van der Waals surface area contributed by atoms with Crippen molar-refractivity contribution in [1.29, 1.82) is 0 Å². The van der Waals surface area contributed by atoms with E-state index in [4.69, 9.17) is 4.74 Å². The molecule has 1 N–H and O–H groups in total. The maximum Gasteiger partial charge on any atom is 0.141 e. The Morgan fingerprint density at radius 1 is 1.12 bits per heavy atom. The van der Waals surface area contributed by atoms with Crippen molar-refractivity contribution in [1.82, 2.24) is 4.98 Å². The van der Waals surface area contributed by atoms with Gasteiger partial charge in [0, 0.05) is 15.4 Å². The lowest BCUT2D eigenvalue weighted by Crippen LogP contribution is -1.95. The monoisotopic (exact) mass is 447 g/mol. The van der Waals surface area contributed by atoms with Crippen molar-refractivity contribution in [3.05, 3.63) is 62.7 Å². The van der Waals surface area contributed by atoms with Crippen LogP contribution < -0.4 is 4.74 Å². The summed E-state index contributed by atoms with van der Waals surface area (Å²) in [5, 5.41) is 10.9. The molecule has 0 amide bonds. The molecule has 0 atom stereocenters. The average Bonchev–Trinajstić information content (AvgIpc) is 2.56. The van der Waals surface area contributed by atoms with Crippen LogP contribution in [0.1, 0.15) is 18.2 Å². The van der Waals surface area contributed by atoms with Gasteiger partial charge in [0.2, 0.25) is 0 Å². The molecule has 0 aliphatic rings. The molecule has 122 valence electrons. The number of rotatable bonds is 4. The van der Waals surface area contributed by atoms with E-state index in [0.717, 1.165) is 31.3 Å². The summed E-state index contributed by atoms with van der Waals surface area (Å²) >= 11 is 7.03. The van der Waals surface area contributed by atoms with E-state index >= 15 is 0 Å². The minimum Gasteiger partial charge on any atom is -0.506 e. The van der Waals surface area contributed by atoms with E-state index in [-0.39, 0.29) is 5.75 Å². The summed E-state index contributed by atoms with van der Waals surface area (Å²) < 4.78 is 7.57. The van der Waals surface area contributed by atoms with Gasteiger partial charge in [0.25, 0.3) is 0 Å². The molecule has 3 aromatic rings. The Morgan fingerprint density at radius 2 is 1.96 bits per heavy atom. The molecule has 0 saturated carbocycles. The van der Waals surface area contributed by atoms with Crippen molar-refractivity contribution in [3.63, 3.8) is 0 Å². The number of benzene rings is 2. The molecule has 0 radical (unpaired) electrons. The highest BCUT2D eigenvalue weighted by Crippen LogP contribution is 2.34. The molecule has 0 bridgehead atoms. The van der Waals surface area contributed by atoms with E-state index in [0.29, 0.717) is 12.1 Å². The van der Waals surface area contributed by atoms with Gasteiger partial charge in [0.1, 0.15) is 17.0 Å². The number of hydrogen-bond acceptors (Lipinski definition) is 3. The van der Waals surface area contributed by atoms with Crippen LogP contribution in [0.2, 0.25) is 0 Å². The van der Waals surface area contributed by atoms with Crippen LogP contribution in [0.15, 0.2) is 51.4 Å². The fraction of sp³-hybridized carbons (Fsp3) is 0.105. The number of aromatic nitrogens is 1. The topological polar surface area (TPSA) is 42.4 Å². The third-order valence-electron chi connectivity index (χ3n) is 3.48. The van der Waals surface area contributed by atoms with Gasteiger partial charge in [-0.05, 0) is 59.3 Å². The zero-order chi connectivity index (χ0) is 17.1. The highest BCUT2D eigenvalue weighted by Gasteiger charge is 2.08. The van der Waals surface area contributed by atoms with Gasteiger partial charge < -0.3 is 9.84 Å². The molecule has 0 saturated heterocycles. The van der Waals surface area contributed by atoms with Crippen molar-refractivity contribution in [2.75, 3.05) is 6.61 Å². The zero-order valence-corrected chi connectivity index (χ0v) is 16.1. The van der Waals surface area contributed by atoms with Crippen LogP contribution in [0.5, 0.6) is 11.5 Å². The Morgan fingerprint density at radius 3 is 2.75 bits per heavy atom. The van der Waals surface area contributed by atoms with Crippen molar-refractivity contribution < 1.29 is 9.84 Å². The number of nitrogens with zero attached hydrogens (tertiary/aromatic N) is 1. The molecule has 0 unspecified atom stereocenters. The molecule has 5 heteroatoms. The summed E-state index contributed by atoms with van der Waals surface area (Å²) in [5.41, 5.74) is 2.31. The second kappa shape index (κ2) is 7.36. The van der Waals surface area contributed by atoms with Crippen LogP contribution in [0.4, 0.5) is 0 Å². The van der Waals surface area contributed by atoms with E-state index in [1.54, 1.807) is 6.07 Å². The first-order chi connectivity index (χ1) is 11.6. The van der Waals surface area contributed by atoms with E-state index in [2.05, 4.69) is 36.8 Å². The lowest BCUT2D eigenvalue weighted by Gasteiger charge is -2.10. The Kier molecular flexibility index (Phi) is 5.21. The normalized spacial score (nSPS) is 11.3. The molecule has 3 nitrogen and oxygen atoms in total. The molecule has 0 aliphatic carbocycles. The molecule has 1 aromatic heterocycles. The largest absolute Gasteiger partial charge is 0.506 e. The van der Waals surface area contributed by atoms with Crippen LogP contribution in [0.3, 0.4) is 0 Å². The van der Waals surface area contributed by atoms with Gasteiger partial charge in [-0.3, -0.25) is 0 Å². The van der Waals surface area contributed by atoms with E-state index in [9.17, 15) is 5.11 Å². The minimum absolute atomic E-state index is 0.183. The first-order valence-corrected chi connectivity index (χ1v) is 9.05. The standard InChI is InChI=1S/C19H15Br2NO2/c1-2-24-19-13(10-14(20)11-16(19)21)7-9-15-8-6-12-4-3-5-17(23)18(12)22-15/h3-11,23H,2H2,1H3/b9-7-. The van der Waals surface area contributed by atoms with Gasteiger partial charge in [0.15, 0.2) is 0 Å². The third kappa shape index (κ3) is 3.62. The quantitative estimate of drug-likeness (QED) is 0.529. The predicted octanol–water partition coefficient (Wildman–Crippen LogP) is 6.03. The fourth-order valence-corrected chi connectivity index (χ4v) is 3.79. The number of para-hydroxylation sites is 1. The van der Waals surface area contributed by atoms with Gasteiger partial charge in [-0.25, -0.2) is 4.98 Å². The number of phenolic OH excluding ortho intramolecular Hbond substituents is 1. The van der Waals surface area contributed by atoms with Gasteiger partial charge in [-0.1, -0.05) is 34.1 Å². The lowest BCUT2D eigenvalue weighted by atomic mass is 10.1. The van der Waals surface area contributed by atoms with Gasteiger partial charge in [-0.15, -0.1) is 0 Å². The fourth-order valence-electron chi connectivity index (χ4n) is 2.42. The Hall–Kier alpha value is -1.85. The van der Waals surface area contributed by atoms with E-state index in [1.165, 1.54) is 0 Å². The van der Waals surface area contributed by atoms with Crippen LogP contribution in [-0.4, -0.2) is 16.7 Å². The van der Waals surface area contributed by atoms with Crippen LogP contribution in [0, 0.1) is 0 Å². The highest BCUT2D eigenvalue weighted by molar-refractivity contribution is 9.11. The second-order valence-corrected chi connectivity index (χ2v) is 6.93. The van der Waals surface area contributed by atoms with Crippen molar-refractivity contribution >= 4 is 54.9 Å². The van der Waals surface area contributed by atoms with E-state index in [1.807, 2.05) is 55.5 Å². The maximum atomic E-state index is 9.95. The summed E-state index contributed by atoms with van der Waals surface area (Å²) in [7, 11) is 0. The average molecular weight is 449 g/mol. The van der Waals surface area contributed by atoms with Gasteiger partial charge in [0.05, 0.1) is 16.8 Å². The second-order valence-electron chi connectivity index (χ2n) is 5.16. The lowest BCUT2D eigenvalue weighted by molar-refractivity contribution is 0.337. The molecule has 2 aromatic carbocycles. The van der Waals surface area contributed by atoms with E-state index < -0.39 is 0 Å². The van der Waals surface area contributed by atoms with Gasteiger partial charge in [-0.2, -0.15) is 0 Å². The number of ether oxygens (including phenoxy) is 1. The molecule has 24 heavy (non-hydrogen) atoms. The van der Waals surface area contributed by atoms with Crippen molar-refractivity contribution in [3.8, 4) is 11.5 Å². The molecule has 0 fully saturated rings. The first-order valence-electron chi connectivity index (χ1n) is 7.47. The molecular formula is C19H15Br2NO2. The van der Waals surface area contributed by atoms with Crippen LogP contribution in [0.25, 0.3) is 23.1 Å². The number of pyridine rings is 1. The highest BCUT2D eigenvalue weighted by atomic mass is 79.9. The number of fused-ring (bicyclic) bond motifs is 1. The SMILES string of the molecule is CCOc1c(Br)cc(Br)cc1/C=C\c1ccc2cccc(O)c2n1. The Bertz CT molecular complexity index is 923. The summed E-state index contributed by atoms with van der Waals surface area (Å²) in [6, 6.07) is 13.2. The van der Waals surface area contributed by atoms with Crippen molar-refractivity contribution in [2.24, 2.45) is 0 Å². The number of hydrogen-bond donors (Lipinski definition) is 1. The third-order valence-corrected chi connectivity index (χ3v) is 4.53. The maximum absolute atomic E-state index is 9.95. The Labute approximate surface area is 157 Å². The summed E-state index contributed by atoms with van der Waals surface area (Å²) in [5.74, 6) is 0.976. The molecule has 3 rings (SSSR count). The zero-order valence-electron chi connectivity index (χ0n) is 13.0. The summed E-state index contributed by atoms with van der Waals surface area (Å²) in [6.45, 7) is 2.54. The smallest absolute Gasteiger partial charge is 0.141 e. The molecule has 0 spiro atoms. The van der Waals surface area contributed by atoms with Crippen LogP contribution >= 0.6 is 31.9 Å². The Balaban J connectivity index is 2.00. The number of phenols is 1. The minimum atomic E-state index is 0.183. The molecule has 0 aliphatic heterocycles. The molecular weight excluding hydrogens is 434 g/mol. The number of aromatic hydroxyl groups is 1. The summed E-state index contributed by atoms with van der Waals surface area (Å²) in [6.07, 6.45) is 3.86. The molecule has 1 heterocycles. The first kappa shape index (κ1) is 17.0. The van der Waals surface area contributed by atoms with Crippen molar-refractivity contribution in [2.45, 2.75) is 6.92 Å².